The predicted octanol–water partition coefficient (Wildman–Crippen LogP) is 4.56. The molecule has 4 aliphatic rings. The minimum atomic E-state index is 0.105. The number of nitrogens with zero attached hydrogens (tertiary/aromatic N) is 6. The number of piperazine rings is 1. The Balaban J connectivity index is 1.16. The van der Waals surface area contributed by atoms with E-state index < -0.39 is 0 Å². The number of likely N-dealkylation sites (tertiary alicyclic amines) is 1. The summed E-state index contributed by atoms with van der Waals surface area (Å²) >= 11 is 6.72. The largest absolute Gasteiger partial charge is 0.460 e. The van der Waals surface area contributed by atoms with E-state index in [9.17, 15) is 5.26 Å². The highest BCUT2D eigenvalue weighted by atomic mass is 35.5. The highest BCUT2D eigenvalue weighted by Gasteiger charge is 2.31. The fourth-order valence-corrected chi connectivity index (χ4v) is 7.55. The molecule has 3 aromatic rings. The van der Waals surface area contributed by atoms with Crippen molar-refractivity contribution >= 4 is 33.9 Å². The molecule has 0 bridgehead atoms. The van der Waals surface area contributed by atoms with Crippen LogP contribution in [0.1, 0.15) is 43.4 Å². The van der Waals surface area contributed by atoms with Gasteiger partial charge in [-0.3, -0.25) is 4.90 Å². The van der Waals surface area contributed by atoms with Crippen LogP contribution in [0.3, 0.4) is 0 Å². The Bertz CT molecular complexity index is 1480. The van der Waals surface area contributed by atoms with Crippen molar-refractivity contribution in [1.82, 2.24) is 20.2 Å². The maximum absolute atomic E-state index is 9.35. The van der Waals surface area contributed by atoms with Gasteiger partial charge in [-0.1, -0.05) is 35.9 Å². The van der Waals surface area contributed by atoms with Crippen LogP contribution < -0.4 is 19.9 Å². The van der Waals surface area contributed by atoms with E-state index in [1.165, 1.54) is 5.56 Å². The second kappa shape index (κ2) is 12.8. The third-order valence-electron chi connectivity index (χ3n) is 9.54. The number of aromatic nitrogens is 2. The van der Waals surface area contributed by atoms with Crippen molar-refractivity contribution in [2.24, 2.45) is 0 Å². The Morgan fingerprint density at radius 2 is 1.81 bits per heavy atom. The highest BCUT2D eigenvalue weighted by molar-refractivity contribution is 6.36. The van der Waals surface area contributed by atoms with E-state index in [0.717, 1.165) is 118 Å². The molecule has 0 amide bonds. The summed E-state index contributed by atoms with van der Waals surface area (Å²) in [6.07, 6.45) is 5.62. The first-order valence-corrected chi connectivity index (χ1v) is 16.2. The first-order valence-electron chi connectivity index (χ1n) is 15.8. The normalized spacial score (nSPS) is 22.4. The molecule has 10 heteroatoms. The molecule has 0 saturated carbocycles. The van der Waals surface area contributed by atoms with E-state index in [4.69, 9.17) is 31.0 Å². The number of fused-ring (bicyclic) bond motifs is 2. The van der Waals surface area contributed by atoms with Gasteiger partial charge in [-0.2, -0.15) is 15.2 Å². The standard InChI is InChI=1S/C33H40ClN7O2/c34-28-5-1-3-23-4-2-6-30(31(23)28)40-17-10-27-29(22-40)37-33(38-32(27)41-18-14-36-24(21-41)7-13-35)43-26-8-15-39(16-9-26)25-11-19-42-20-12-25/h1-6,24-26,36H,7-12,14-22H2/t24-/m0/s1. The van der Waals surface area contributed by atoms with Crippen molar-refractivity contribution in [3.05, 3.63) is 52.7 Å². The number of piperidine rings is 1. The maximum atomic E-state index is 9.35. The fourth-order valence-electron chi connectivity index (χ4n) is 7.27. The van der Waals surface area contributed by atoms with Crippen LogP contribution in [0, 0.1) is 11.3 Å². The zero-order chi connectivity index (χ0) is 29.2. The molecule has 43 heavy (non-hydrogen) atoms. The number of nitrogens with one attached hydrogen (secondary N) is 1. The lowest BCUT2D eigenvalue weighted by Crippen LogP contribution is -2.51. The molecule has 7 rings (SSSR count). The molecule has 3 fully saturated rings. The summed E-state index contributed by atoms with van der Waals surface area (Å²) in [6, 6.07) is 16.0. The van der Waals surface area contributed by atoms with Crippen LogP contribution >= 0.6 is 11.6 Å². The number of nitriles is 1. The lowest BCUT2D eigenvalue weighted by molar-refractivity contribution is 0.00869. The monoisotopic (exact) mass is 601 g/mol. The lowest BCUT2D eigenvalue weighted by atomic mass is 10.0. The maximum Gasteiger partial charge on any atom is 0.318 e. The van der Waals surface area contributed by atoms with Crippen LogP contribution in [0.4, 0.5) is 11.5 Å². The summed E-state index contributed by atoms with van der Waals surface area (Å²) in [5, 5.41) is 15.8. The van der Waals surface area contributed by atoms with Crippen LogP contribution in [0.5, 0.6) is 6.01 Å². The Morgan fingerprint density at radius 1 is 1.00 bits per heavy atom. The first-order chi connectivity index (χ1) is 21.2. The summed E-state index contributed by atoms with van der Waals surface area (Å²) in [5.41, 5.74) is 3.35. The highest BCUT2D eigenvalue weighted by Crippen LogP contribution is 2.37. The number of anilines is 2. The Labute approximate surface area is 258 Å². The summed E-state index contributed by atoms with van der Waals surface area (Å²) in [5.74, 6) is 0.972. The third kappa shape index (κ3) is 6.12. The summed E-state index contributed by atoms with van der Waals surface area (Å²) < 4.78 is 12.2. The lowest BCUT2D eigenvalue weighted by Gasteiger charge is -2.39. The molecule has 0 radical (unpaired) electrons. The average molecular weight is 602 g/mol. The Kier molecular flexibility index (Phi) is 8.53. The van der Waals surface area contributed by atoms with Gasteiger partial charge in [0, 0.05) is 81.2 Å². The van der Waals surface area contributed by atoms with Gasteiger partial charge in [-0.25, -0.2) is 0 Å². The average Bonchev–Trinajstić information content (AvgIpc) is 3.05. The molecule has 1 atom stereocenters. The van der Waals surface area contributed by atoms with Crippen molar-refractivity contribution < 1.29 is 9.47 Å². The third-order valence-corrected chi connectivity index (χ3v) is 9.86. The topological polar surface area (TPSA) is 89.8 Å². The second-order valence-corrected chi connectivity index (χ2v) is 12.6. The van der Waals surface area contributed by atoms with Crippen LogP contribution in [-0.2, 0) is 17.7 Å². The molecule has 0 aliphatic carbocycles. The zero-order valence-corrected chi connectivity index (χ0v) is 25.4. The molecule has 4 aliphatic heterocycles. The van der Waals surface area contributed by atoms with E-state index in [1.807, 2.05) is 12.1 Å². The van der Waals surface area contributed by atoms with Crippen molar-refractivity contribution in [2.75, 3.05) is 62.3 Å². The number of hydrogen-bond acceptors (Lipinski definition) is 9. The molecule has 0 unspecified atom stereocenters. The van der Waals surface area contributed by atoms with Crippen LogP contribution in [0.25, 0.3) is 10.8 Å². The van der Waals surface area contributed by atoms with Gasteiger partial charge >= 0.3 is 6.01 Å². The molecule has 9 nitrogen and oxygen atoms in total. The van der Waals surface area contributed by atoms with E-state index in [2.05, 4.69) is 50.4 Å². The molecular weight excluding hydrogens is 562 g/mol. The van der Waals surface area contributed by atoms with E-state index in [0.29, 0.717) is 25.0 Å². The predicted molar refractivity (Wildman–Crippen MR) is 169 cm³/mol. The summed E-state index contributed by atoms with van der Waals surface area (Å²) in [7, 11) is 0. The number of halogens is 1. The molecule has 226 valence electrons. The van der Waals surface area contributed by atoms with Gasteiger partial charge in [0.05, 0.1) is 29.8 Å². The van der Waals surface area contributed by atoms with Gasteiger partial charge in [0.2, 0.25) is 0 Å². The zero-order valence-electron chi connectivity index (χ0n) is 24.7. The number of hydrogen-bond donors (Lipinski definition) is 1. The quantitative estimate of drug-likeness (QED) is 0.437. The fraction of sp³-hybridized carbons (Fsp3) is 0.545. The minimum Gasteiger partial charge on any atom is -0.460 e. The van der Waals surface area contributed by atoms with E-state index in [-0.39, 0.29) is 12.1 Å². The van der Waals surface area contributed by atoms with Gasteiger partial charge in [-0.05, 0) is 49.6 Å². The van der Waals surface area contributed by atoms with Gasteiger partial charge in [0.1, 0.15) is 11.9 Å². The van der Waals surface area contributed by atoms with E-state index >= 15 is 0 Å². The SMILES string of the molecule is N#CC[C@H]1CN(c2nc(OC3CCN(C4CCOCC4)CC3)nc3c2CCN(c2cccc4cccc(Cl)c24)C3)CCN1. The molecule has 2 aromatic carbocycles. The van der Waals surface area contributed by atoms with Crippen molar-refractivity contribution in [3.63, 3.8) is 0 Å². The van der Waals surface area contributed by atoms with Crippen molar-refractivity contribution in [2.45, 2.75) is 63.3 Å². The molecule has 1 N–H and O–H groups in total. The Morgan fingerprint density at radius 3 is 2.63 bits per heavy atom. The van der Waals surface area contributed by atoms with Gasteiger partial charge in [0.15, 0.2) is 0 Å². The van der Waals surface area contributed by atoms with Gasteiger partial charge in [-0.15, -0.1) is 0 Å². The van der Waals surface area contributed by atoms with Crippen LogP contribution in [0.2, 0.25) is 5.02 Å². The Hall–Kier alpha value is -3.16. The van der Waals surface area contributed by atoms with Crippen LogP contribution in [0.15, 0.2) is 36.4 Å². The van der Waals surface area contributed by atoms with Crippen LogP contribution in [-0.4, -0.2) is 85.5 Å². The molecule has 3 saturated heterocycles. The summed E-state index contributed by atoms with van der Waals surface area (Å²) in [4.78, 5) is 17.5. The summed E-state index contributed by atoms with van der Waals surface area (Å²) in [6.45, 7) is 7.76. The number of benzene rings is 2. The smallest absolute Gasteiger partial charge is 0.318 e. The first kappa shape index (κ1) is 28.6. The van der Waals surface area contributed by atoms with E-state index in [1.54, 1.807) is 0 Å². The molecule has 0 spiro atoms. The van der Waals surface area contributed by atoms with Crippen molar-refractivity contribution in [1.29, 1.82) is 5.26 Å². The van der Waals surface area contributed by atoms with Crippen molar-refractivity contribution in [3.8, 4) is 12.1 Å². The number of rotatable bonds is 6. The molecule has 5 heterocycles. The number of ether oxygens (including phenoxy) is 2. The molecular formula is C33H40ClN7O2. The minimum absolute atomic E-state index is 0.105. The van der Waals surface area contributed by atoms with Gasteiger partial charge < -0.3 is 24.6 Å². The molecule has 1 aromatic heterocycles. The van der Waals surface area contributed by atoms with Gasteiger partial charge in [0.25, 0.3) is 0 Å². The second-order valence-electron chi connectivity index (χ2n) is 12.2.